The second-order valence-corrected chi connectivity index (χ2v) is 44.2. The van der Waals surface area contributed by atoms with Crippen LogP contribution in [0.25, 0.3) is 59.9 Å². The Hall–Kier alpha value is -3.26. The molecule has 0 aliphatic carbocycles. The Labute approximate surface area is 735 Å². The molecule has 10 rings (SSSR count). The van der Waals surface area contributed by atoms with Gasteiger partial charge in [-0.3, -0.25) is 0 Å². The summed E-state index contributed by atoms with van der Waals surface area (Å²) >= 11 is 21.2. The summed E-state index contributed by atoms with van der Waals surface area (Å²) in [7, 11) is 0. The molecule has 0 nitrogen and oxygen atoms in total. The molecule has 0 radical (unpaired) electrons. The summed E-state index contributed by atoms with van der Waals surface area (Å²) in [6.07, 6.45) is 63.2. The first-order chi connectivity index (χ1) is 56.0. The zero-order chi connectivity index (χ0) is 80.2. The minimum atomic E-state index is 1.13. The Morgan fingerprint density at radius 2 is 0.588 bits per heavy atom. The van der Waals surface area contributed by atoms with Gasteiger partial charge >= 0.3 is 0 Å². The summed E-state index contributed by atoms with van der Waals surface area (Å²) in [6, 6.07) is 27.0. The van der Waals surface area contributed by atoms with Crippen molar-refractivity contribution in [1.82, 2.24) is 0 Å². The van der Waals surface area contributed by atoms with E-state index in [1.165, 1.54) is 348 Å². The highest BCUT2D eigenvalue weighted by atomic mass is 32.1. The van der Waals surface area contributed by atoms with Crippen LogP contribution in [0.4, 0.5) is 0 Å². The molecule has 0 amide bonds. The van der Waals surface area contributed by atoms with E-state index in [2.05, 4.69) is 245 Å². The van der Waals surface area contributed by atoms with Crippen LogP contribution in [-0.4, -0.2) is 0 Å². The molecule has 10 aromatic heterocycles. The highest BCUT2D eigenvalue weighted by Gasteiger charge is 2.27. The lowest BCUT2D eigenvalue weighted by Crippen LogP contribution is -2.05. The molecule has 10 aromatic rings. The number of hydrogen-bond donors (Lipinski definition) is 0. The van der Waals surface area contributed by atoms with Crippen molar-refractivity contribution in [3.8, 4) is 48.8 Å². The van der Waals surface area contributed by atoms with Crippen LogP contribution in [0.1, 0.15) is 408 Å². The molecule has 0 spiro atoms. The first-order valence-electron chi connectivity index (χ1n) is 46.9. The van der Waals surface area contributed by atoms with Crippen molar-refractivity contribution in [2.24, 2.45) is 0 Å². The molecule has 0 bridgehead atoms. The van der Waals surface area contributed by atoms with Crippen LogP contribution in [0.15, 0.2) is 71.4 Å². The van der Waals surface area contributed by atoms with Gasteiger partial charge in [-0.25, -0.2) is 0 Å². The fourth-order valence-corrected chi connectivity index (χ4v) is 29.6. The third-order valence-corrected chi connectivity index (χ3v) is 36.4. The van der Waals surface area contributed by atoms with Crippen molar-refractivity contribution < 1.29 is 0 Å². The molecule has 0 aliphatic heterocycles. The second-order valence-electron chi connectivity index (χ2n) is 33.7. The van der Waals surface area contributed by atoms with Crippen LogP contribution in [0.3, 0.4) is 0 Å². The molecule has 10 heterocycles. The molecule has 0 saturated carbocycles. The summed E-state index contributed by atoms with van der Waals surface area (Å²) in [6.45, 7) is 28.6. The largest absolute Gasteiger partial charge is 0.143 e. The first-order valence-corrected chi connectivity index (χ1v) is 55.1. The van der Waals surface area contributed by atoms with Gasteiger partial charge in [0.1, 0.15) is 0 Å². The summed E-state index contributed by atoms with van der Waals surface area (Å²) in [4.78, 5) is 21.3. The van der Waals surface area contributed by atoms with Gasteiger partial charge in [0.25, 0.3) is 0 Å². The van der Waals surface area contributed by atoms with Crippen molar-refractivity contribution >= 4 is 125 Å². The van der Waals surface area contributed by atoms with Gasteiger partial charge in [-0.2, -0.15) is 0 Å². The second kappa shape index (κ2) is 51.5. The first kappa shape index (κ1) is 93.0. The average Bonchev–Trinajstić information content (AvgIpc) is 1.60. The van der Waals surface area contributed by atoms with Gasteiger partial charge in [-0.15, -0.1) is 113 Å². The van der Waals surface area contributed by atoms with Crippen molar-refractivity contribution in [3.63, 3.8) is 0 Å². The maximum atomic E-state index is 2.80. The lowest BCUT2D eigenvalue weighted by Gasteiger charge is -2.07. The number of aryl methyl sites for hydroxylation is 11. The Morgan fingerprint density at radius 1 is 0.254 bits per heavy atom. The van der Waals surface area contributed by atoms with E-state index < -0.39 is 0 Å². The minimum Gasteiger partial charge on any atom is -0.143 e. The minimum absolute atomic E-state index is 1.13. The number of thiophene rings is 10. The van der Waals surface area contributed by atoms with Gasteiger partial charge in [-0.1, -0.05) is 262 Å². The maximum Gasteiger partial charge on any atom is 0.0481 e. The van der Waals surface area contributed by atoms with E-state index in [4.69, 9.17) is 0 Å². The smallest absolute Gasteiger partial charge is 0.0481 e. The standard InChI is InChI=1S/C104H148S10/c1-13-23-33-43-53-77-64-90(105-73-77)98-84(60-50-40-30-20-8)70-94(112-98)101-81(57-47-37-27-17-5)66-87(108-101)76(12)97-80(56-46-36-26-16-4)69-93(111-97)102-82(58-48-38-28-18-6)67-88(109-102)96(104-86(62-52-42-32-22-10)72-92(114-104)100-79(63-75(11)107-100)55-45-35-25-15-3)89-68-83(59-49-39-29-19-7)103(110-89)95-71-85(61-51-41-31-21-9)99(113-95)91-65-78(74-106-91)54-44-34-24-14-2/h63-74H,13-62H2,1-12H3/b96-88?,97-76?,102-93+. The van der Waals surface area contributed by atoms with Gasteiger partial charge in [0, 0.05) is 92.0 Å². The quantitative estimate of drug-likeness (QED) is 0.0333. The van der Waals surface area contributed by atoms with Crippen LogP contribution in [-0.2, 0) is 64.2 Å². The molecule has 0 fully saturated rings. The van der Waals surface area contributed by atoms with Crippen LogP contribution in [0.2, 0.25) is 0 Å². The predicted octanol–water partition coefficient (Wildman–Crippen LogP) is 36.9. The molecule has 0 saturated heterocycles. The molecule has 0 aliphatic rings. The Balaban J connectivity index is 1.23. The van der Waals surface area contributed by atoms with Gasteiger partial charge in [0.05, 0.1) is 0 Å². The normalized spacial score (nSPS) is 12.8. The molecule has 114 heavy (non-hydrogen) atoms. The van der Waals surface area contributed by atoms with Gasteiger partial charge in [0.15, 0.2) is 0 Å². The van der Waals surface area contributed by atoms with E-state index in [1.54, 1.807) is 94.0 Å². The lowest BCUT2D eigenvalue weighted by molar-refractivity contribution is 0.666. The van der Waals surface area contributed by atoms with Crippen LogP contribution >= 0.6 is 113 Å². The molecule has 0 N–H and O–H groups in total. The van der Waals surface area contributed by atoms with Crippen molar-refractivity contribution in [1.29, 1.82) is 0 Å². The third kappa shape index (κ3) is 27.4. The third-order valence-electron chi connectivity index (χ3n) is 23.7. The monoisotopic (exact) mass is 1720 g/mol. The van der Waals surface area contributed by atoms with E-state index in [0.717, 1.165) is 32.1 Å². The van der Waals surface area contributed by atoms with E-state index in [-0.39, 0.29) is 0 Å². The molecule has 0 aromatic carbocycles. The fraction of sp³-hybridized carbons (Fsp3) is 0.596. The van der Waals surface area contributed by atoms with E-state index in [9.17, 15) is 0 Å². The van der Waals surface area contributed by atoms with Crippen molar-refractivity contribution in [2.45, 2.75) is 404 Å². The molecular formula is C104H148S10. The molecule has 0 atom stereocenters. The molecule has 10 heteroatoms. The predicted molar refractivity (Wildman–Crippen MR) is 528 cm³/mol. The van der Waals surface area contributed by atoms with Crippen molar-refractivity contribution in [2.75, 3.05) is 0 Å². The molecule has 0 unspecified atom stereocenters. The highest BCUT2D eigenvalue weighted by molar-refractivity contribution is 7.28. The topological polar surface area (TPSA) is 0 Å². The lowest BCUT2D eigenvalue weighted by atomic mass is 10.00. The van der Waals surface area contributed by atoms with E-state index in [1.807, 2.05) is 22.7 Å². The van der Waals surface area contributed by atoms with Crippen LogP contribution < -0.4 is 9.06 Å². The maximum absolute atomic E-state index is 2.80. The zero-order valence-corrected chi connectivity index (χ0v) is 81.5. The number of hydrogen-bond acceptors (Lipinski definition) is 10. The van der Waals surface area contributed by atoms with Crippen LogP contribution in [0.5, 0.6) is 0 Å². The van der Waals surface area contributed by atoms with Gasteiger partial charge in [-0.05, 0) is 275 Å². The zero-order valence-electron chi connectivity index (χ0n) is 73.4. The summed E-state index contributed by atoms with van der Waals surface area (Å²) < 4.78 is 6.11. The average molecular weight is 1720 g/mol. The summed E-state index contributed by atoms with van der Waals surface area (Å²) in [5.41, 5.74) is 18.9. The summed E-state index contributed by atoms with van der Waals surface area (Å²) in [5, 5.41) is 5.01. The highest BCUT2D eigenvalue weighted by Crippen LogP contribution is 2.51. The van der Waals surface area contributed by atoms with Crippen LogP contribution in [0, 0.1) is 16.0 Å². The van der Waals surface area contributed by atoms with E-state index >= 15 is 0 Å². The van der Waals surface area contributed by atoms with Gasteiger partial charge in [0.2, 0.25) is 0 Å². The van der Waals surface area contributed by atoms with Gasteiger partial charge < -0.3 is 0 Å². The Kier molecular flexibility index (Phi) is 42.0. The SMILES string of the molecule is CCCCCCc1csc(-c2sc(-c3sc(C(c4sc(-c5sc(C)cc5CCCCCC)cc4CCCCCC)=c4cc(CCCCCC)/c(=c5/cc(CCCCCC)c(=C(C)c6cc(CCCCCC)c(-c7cc(CCCCCC)c(-c8cc(CCCCCC)cs8)s7)s6)s5)s4)cc3CCCCCC)cc2CCCCCC)c1. The Morgan fingerprint density at radius 3 is 1.02 bits per heavy atom. The van der Waals surface area contributed by atoms with Crippen molar-refractivity contribution in [3.05, 3.63) is 165 Å². The molecule has 624 valence electrons. The Bertz CT molecular complexity index is 4600. The van der Waals surface area contributed by atoms with E-state index in [0.29, 0.717) is 0 Å². The number of rotatable bonds is 58. The molecular weight excluding hydrogens is 1570 g/mol. The number of unbranched alkanes of at least 4 members (excludes halogenated alkanes) is 30. The summed E-state index contributed by atoms with van der Waals surface area (Å²) in [5.74, 6) is 0. The fourth-order valence-electron chi connectivity index (χ4n) is 16.9.